The number of carbonyl (C=O) groups is 2. The van der Waals surface area contributed by atoms with Gasteiger partial charge in [-0.1, -0.05) is 11.3 Å². The van der Waals surface area contributed by atoms with Crippen LogP contribution >= 0.6 is 11.3 Å². The minimum Gasteiger partial charge on any atom is -0.481 e. The number of imidazole rings is 1. The predicted molar refractivity (Wildman–Crippen MR) is 57.7 cm³/mol. The van der Waals surface area contributed by atoms with Gasteiger partial charge in [0.2, 0.25) is 0 Å². The smallest absolute Gasteiger partial charge is 0.309 e. The number of primary amides is 1. The van der Waals surface area contributed by atoms with E-state index in [0.717, 1.165) is 11.3 Å². The van der Waals surface area contributed by atoms with Crippen molar-refractivity contribution < 1.29 is 14.7 Å². The van der Waals surface area contributed by atoms with Crippen molar-refractivity contribution in [1.82, 2.24) is 9.38 Å². The van der Waals surface area contributed by atoms with Gasteiger partial charge in [-0.25, -0.2) is 4.98 Å². The zero-order valence-corrected chi connectivity index (χ0v) is 9.24. The molecular formula is C9H9N3O3S. The summed E-state index contributed by atoms with van der Waals surface area (Å²) in [5, 5.41) is 8.62. The van der Waals surface area contributed by atoms with Gasteiger partial charge >= 0.3 is 5.97 Å². The molecule has 0 aliphatic carbocycles. The lowest BCUT2D eigenvalue weighted by Crippen LogP contribution is -2.10. The molecule has 16 heavy (non-hydrogen) atoms. The minimum absolute atomic E-state index is 0.125. The lowest BCUT2D eigenvalue weighted by Gasteiger charge is -1.92. The van der Waals surface area contributed by atoms with E-state index < -0.39 is 11.9 Å². The zero-order valence-electron chi connectivity index (χ0n) is 8.43. The molecule has 2 aromatic heterocycles. The lowest BCUT2D eigenvalue weighted by atomic mass is 10.3. The van der Waals surface area contributed by atoms with Gasteiger partial charge in [0.15, 0.2) is 4.96 Å². The van der Waals surface area contributed by atoms with Crippen molar-refractivity contribution in [3.63, 3.8) is 0 Å². The Morgan fingerprint density at radius 3 is 2.81 bits per heavy atom. The molecule has 0 bridgehead atoms. The van der Waals surface area contributed by atoms with Gasteiger partial charge in [-0.3, -0.25) is 14.0 Å². The van der Waals surface area contributed by atoms with E-state index in [9.17, 15) is 9.59 Å². The summed E-state index contributed by atoms with van der Waals surface area (Å²) in [6, 6.07) is 0. The fourth-order valence-corrected chi connectivity index (χ4v) is 2.45. The van der Waals surface area contributed by atoms with E-state index >= 15 is 0 Å². The zero-order chi connectivity index (χ0) is 11.9. The largest absolute Gasteiger partial charge is 0.481 e. The van der Waals surface area contributed by atoms with Gasteiger partial charge in [-0.2, -0.15) is 0 Å². The molecule has 0 spiro atoms. The van der Waals surface area contributed by atoms with Crippen LogP contribution in [0.3, 0.4) is 0 Å². The Balaban J connectivity index is 2.50. The molecule has 2 aromatic rings. The van der Waals surface area contributed by atoms with Crippen molar-refractivity contribution in [2.24, 2.45) is 5.73 Å². The van der Waals surface area contributed by atoms with Crippen LogP contribution in [-0.2, 0) is 11.2 Å². The lowest BCUT2D eigenvalue weighted by molar-refractivity contribution is -0.136. The molecule has 0 aromatic carbocycles. The van der Waals surface area contributed by atoms with Crippen molar-refractivity contribution in [2.75, 3.05) is 0 Å². The number of aromatic nitrogens is 2. The summed E-state index contributed by atoms with van der Waals surface area (Å²) < 4.78 is 1.68. The van der Waals surface area contributed by atoms with Crippen LogP contribution in [0.25, 0.3) is 4.96 Å². The van der Waals surface area contributed by atoms with E-state index in [1.807, 2.05) is 0 Å². The third-order valence-electron chi connectivity index (χ3n) is 2.16. The van der Waals surface area contributed by atoms with Gasteiger partial charge in [0, 0.05) is 11.9 Å². The second-order valence-corrected chi connectivity index (χ2v) is 4.31. The van der Waals surface area contributed by atoms with Crippen molar-refractivity contribution in [1.29, 1.82) is 0 Å². The van der Waals surface area contributed by atoms with Gasteiger partial charge in [0.25, 0.3) is 5.91 Å². The number of rotatable bonds is 3. The Hall–Kier alpha value is -1.89. The third-order valence-corrected chi connectivity index (χ3v) is 3.33. The molecule has 0 unspecified atom stereocenters. The van der Waals surface area contributed by atoms with E-state index in [1.54, 1.807) is 17.5 Å². The highest BCUT2D eigenvalue weighted by atomic mass is 32.1. The van der Waals surface area contributed by atoms with Gasteiger partial charge in [0.1, 0.15) is 4.88 Å². The molecule has 2 heterocycles. The molecule has 0 saturated carbocycles. The first kappa shape index (κ1) is 10.6. The Morgan fingerprint density at radius 1 is 1.62 bits per heavy atom. The van der Waals surface area contributed by atoms with Crippen LogP contribution in [0.5, 0.6) is 0 Å². The molecule has 6 nitrogen and oxygen atoms in total. The SMILES string of the molecule is Cc1c(C(N)=O)sc2nc(CC(=O)O)cn12. The Morgan fingerprint density at radius 2 is 2.31 bits per heavy atom. The van der Waals surface area contributed by atoms with Crippen LogP contribution in [0.1, 0.15) is 21.1 Å². The Labute approximate surface area is 94.3 Å². The maximum absolute atomic E-state index is 11.0. The molecule has 0 fully saturated rings. The summed E-state index contributed by atoms with van der Waals surface area (Å²) in [4.78, 5) is 26.7. The fourth-order valence-electron chi connectivity index (χ4n) is 1.47. The van der Waals surface area contributed by atoms with E-state index in [1.165, 1.54) is 0 Å². The number of amides is 1. The topological polar surface area (TPSA) is 97.7 Å². The molecule has 0 atom stereocenters. The summed E-state index contributed by atoms with van der Waals surface area (Å²) in [6.45, 7) is 1.75. The quantitative estimate of drug-likeness (QED) is 0.811. The fraction of sp³-hybridized carbons (Fsp3) is 0.222. The molecule has 0 radical (unpaired) electrons. The van der Waals surface area contributed by atoms with Gasteiger partial charge < -0.3 is 10.8 Å². The average molecular weight is 239 g/mol. The first-order chi connectivity index (χ1) is 7.49. The van der Waals surface area contributed by atoms with Crippen LogP contribution in [0.4, 0.5) is 0 Å². The van der Waals surface area contributed by atoms with Crippen molar-refractivity contribution in [3.8, 4) is 0 Å². The van der Waals surface area contributed by atoms with Crippen LogP contribution in [-0.4, -0.2) is 26.4 Å². The highest BCUT2D eigenvalue weighted by molar-refractivity contribution is 7.19. The maximum Gasteiger partial charge on any atom is 0.309 e. The molecule has 7 heteroatoms. The van der Waals surface area contributed by atoms with E-state index in [0.29, 0.717) is 21.2 Å². The van der Waals surface area contributed by atoms with Gasteiger partial charge in [-0.05, 0) is 6.92 Å². The number of fused-ring (bicyclic) bond motifs is 1. The molecule has 84 valence electrons. The number of thiazole rings is 1. The Kier molecular flexibility index (Phi) is 2.39. The molecule has 3 N–H and O–H groups in total. The molecule has 0 saturated heterocycles. The average Bonchev–Trinajstić information content (AvgIpc) is 2.65. The van der Waals surface area contributed by atoms with Gasteiger partial charge in [0.05, 0.1) is 12.1 Å². The van der Waals surface area contributed by atoms with E-state index in [2.05, 4.69) is 4.98 Å². The molecule has 0 aliphatic rings. The molecule has 0 aliphatic heterocycles. The number of aliphatic carboxylic acids is 1. The second-order valence-electron chi connectivity index (χ2n) is 3.34. The van der Waals surface area contributed by atoms with E-state index in [4.69, 9.17) is 10.8 Å². The first-order valence-corrected chi connectivity index (χ1v) is 5.29. The highest BCUT2D eigenvalue weighted by Crippen LogP contribution is 2.22. The number of hydrogen-bond acceptors (Lipinski definition) is 4. The third kappa shape index (κ3) is 1.65. The van der Waals surface area contributed by atoms with Crippen molar-refractivity contribution >= 4 is 28.2 Å². The first-order valence-electron chi connectivity index (χ1n) is 4.48. The van der Waals surface area contributed by atoms with Crippen LogP contribution in [0.15, 0.2) is 6.20 Å². The number of carboxylic acids is 1. The summed E-state index contributed by atoms with van der Waals surface area (Å²) in [5.41, 5.74) is 6.35. The van der Waals surface area contributed by atoms with E-state index in [-0.39, 0.29) is 6.42 Å². The molecular weight excluding hydrogens is 230 g/mol. The van der Waals surface area contributed by atoms with Crippen LogP contribution < -0.4 is 5.73 Å². The Bertz CT molecular complexity index is 584. The predicted octanol–water partition coefficient (Wildman–Crippen LogP) is 0.430. The molecule has 1 amide bonds. The minimum atomic E-state index is -0.932. The maximum atomic E-state index is 11.0. The van der Waals surface area contributed by atoms with Crippen LogP contribution in [0, 0.1) is 6.92 Å². The number of aryl methyl sites for hydroxylation is 1. The summed E-state index contributed by atoms with van der Waals surface area (Å²) >= 11 is 1.16. The number of nitrogens with zero attached hydrogens (tertiary/aromatic N) is 2. The summed E-state index contributed by atoms with van der Waals surface area (Å²) in [5.74, 6) is -1.42. The number of hydrogen-bond donors (Lipinski definition) is 2. The normalized spacial score (nSPS) is 10.8. The number of carboxylic acid groups (broad SMARTS) is 1. The van der Waals surface area contributed by atoms with Crippen LogP contribution in [0.2, 0.25) is 0 Å². The second kappa shape index (κ2) is 3.60. The number of nitrogens with two attached hydrogens (primary N) is 1. The summed E-state index contributed by atoms with van der Waals surface area (Å²) in [6.07, 6.45) is 1.49. The number of carbonyl (C=O) groups excluding carboxylic acids is 1. The van der Waals surface area contributed by atoms with Gasteiger partial charge in [-0.15, -0.1) is 0 Å². The highest BCUT2D eigenvalue weighted by Gasteiger charge is 2.15. The van der Waals surface area contributed by atoms with Crippen molar-refractivity contribution in [3.05, 3.63) is 22.5 Å². The summed E-state index contributed by atoms with van der Waals surface area (Å²) in [7, 11) is 0. The monoisotopic (exact) mass is 239 g/mol. The van der Waals surface area contributed by atoms with Crippen molar-refractivity contribution in [2.45, 2.75) is 13.3 Å². The standard InChI is InChI=1S/C9H9N3O3S/c1-4-7(8(10)15)16-9-11-5(2-6(13)14)3-12(4)9/h3H,2H2,1H3,(H2,10,15)(H,13,14). The molecule has 2 rings (SSSR count).